The number of hydrogen-bond acceptors (Lipinski definition) is 10. The van der Waals surface area contributed by atoms with Crippen LogP contribution in [-0.2, 0) is 32.1 Å². The summed E-state index contributed by atoms with van der Waals surface area (Å²) in [6.07, 6.45) is -0.126. The molecule has 1 aliphatic heterocycles. The molecule has 5 atom stereocenters. The molecule has 3 fully saturated rings. The quantitative estimate of drug-likeness (QED) is 0.452. The molecule has 4 aliphatic rings. The van der Waals surface area contributed by atoms with E-state index >= 15 is 0 Å². The summed E-state index contributed by atoms with van der Waals surface area (Å²) in [4.78, 5) is 69.4. The van der Waals surface area contributed by atoms with Crippen LogP contribution < -0.4 is 5.73 Å². The number of benzene rings is 1. The van der Waals surface area contributed by atoms with Crippen molar-refractivity contribution in [3.8, 4) is 17.1 Å². The van der Waals surface area contributed by atoms with Crippen LogP contribution in [0, 0.1) is 23.7 Å². The van der Waals surface area contributed by atoms with E-state index in [4.69, 9.17) is 10.2 Å². The van der Waals surface area contributed by atoms with Gasteiger partial charge < -0.3 is 25.3 Å². The predicted molar refractivity (Wildman–Crippen MR) is 139 cm³/mol. The van der Waals surface area contributed by atoms with Crippen molar-refractivity contribution in [2.24, 2.45) is 29.4 Å². The number of carbonyl (C=O) groups excluding carboxylic acids is 5. The largest absolute Gasteiger partial charge is 0.507 e. The van der Waals surface area contributed by atoms with Crippen LogP contribution in [0.1, 0.15) is 34.5 Å². The van der Waals surface area contributed by atoms with Crippen molar-refractivity contribution in [2.75, 3.05) is 33.2 Å². The van der Waals surface area contributed by atoms with Gasteiger partial charge in [0.05, 0.1) is 18.0 Å². The lowest BCUT2D eigenvalue weighted by Gasteiger charge is -2.48. The Morgan fingerprint density at radius 2 is 1.77 bits per heavy atom. The zero-order valence-corrected chi connectivity index (χ0v) is 22.1. The predicted octanol–water partition coefficient (Wildman–Crippen LogP) is 0.334. The van der Waals surface area contributed by atoms with E-state index in [9.17, 15) is 34.2 Å². The molecule has 6 rings (SSSR count). The van der Waals surface area contributed by atoms with Crippen molar-refractivity contribution in [1.82, 2.24) is 9.80 Å². The fraction of sp³-hybridized carbons (Fsp3) is 0.483. The number of nitrogens with two attached hydrogens (primary N) is 1. The summed E-state index contributed by atoms with van der Waals surface area (Å²) in [5, 5.41) is 22.0. The highest BCUT2D eigenvalue weighted by molar-refractivity contribution is 6.31. The molecule has 40 heavy (non-hydrogen) atoms. The van der Waals surface area contributed by atoms with Gasteiger partial charge in [0.25, 0.3) is 0 Å². The number of likely N-dealkylation sites (N-methyl/N-ethyl adjacent to an activating group) is 1. The fourth-order valence-electron chi connectivity index (χ4n) is 7.03. The summed E-state index contributed by atoms with van der Waals surface area (Å²) in [5.41, 5.74) is 3.66. The summed E-state index contributed by atoms with van der Waals surface area (Å²) < 4.78 is 6.17. The monoisotopic (exact) mass is 549 g/mol. The molecule has 2 saturated carbocycles. The first kappa shape index (κ1) is 26.5. The Kier molecular flexibility index (Phi) is 6.28. The molecule has 210 valence electrons. The molecule has 1 amide bonds. The van der Waals surface area contributed by atoms with Crippen molar-refractivity contribution in [1.29, 1.82) is 0 Å². The number of ketones is 4. The number of piperazine rings is 1. The molecule has 11 nitrogen and oxygen atoms in total. The fourth-order valence-corrected chi connectivity index (χ4v) is 7.03. The number of hydrogen-bond donors (Lipinski definition) is 3. The SMILES string of the molecule is CN1CCN(Cc2ccc(-c3ccc(O)c4c3C[C@H]3C[C@H]5CC(=O)C(C(N)=O)C(=O)[C@@]5(O)C(=O)C3C4=O)o2)CC1. The number of Topliss-reactive ketones (excluding diaryl/α,β-unsaturated/α-hetero) is 4. The molecular formula is C29H31N3O8. The maximum Gasteiger partial charge on any atom is 0.235 e. The van der Waals surface area contributed by atoms with Crippen LogP contribution >= 0.6 is 0 Å². The van der Waals surface area contributed by atoms with Crippen LogP contribution in [0.25, 0.3) is 11.3 Å². The zero-order valence-electron chi connectivity index (χ0n) is 22.1. The van der Waals surface area contributed by atoms with Gasteiger partial charge in [-0.25, -0.2) is 0 Å². The van der Waals surface area contributed by atoms with Gasteiger partial charge in [-0.15, -0.1) is 0 Å². The maximum absolute atomic E-state index is 13.8. The standard InChI is InChI=1S/C29H31N3O8/c1-31-6-8-32(9-7-31)13-16-2-5-21(40-16)17-3-4-19(33)23-18(17)11-14-10-15-12-20(34)24(28(30)38)27(37)29(15,39)26(36)22(14)25(23)35/h2-5,14-15,22,24,33,39H,6-13H2,1H3,(H2,30,38)/t14-,15+,22?,24?,29+/m1/s1. The van der Waals surface area contributed by atoms with Gasteiger partial charge in [-0.05, 0) is 55.6 Å². The van der Waals surface area contributed by atoms with Gasteiger partial charge in [0.2, 0.25) is 5.91 Å². The van der Waals surface area contributed by atoms with Crippen LogP contribution in [0.5, 0.6) is 5.75 Å². The smallest absolute Gasteiger partial charge is 0.235 e. The minimum Gasteiger partial charge on any atom is -0.507 e. The van der Waals surface area contributed by atoms with Crippen molar-refractivity contribution in [3.63, 3.8) is 0 Å². The average Bonchev–Trinajstić information content (AvgIpc) is 3.35. The molecule has 2 aromatic rings. The van der Waals surface area contributed by atoms with Crippen LogP contribution in [-0.4, -0.2) is 87.9 Å². The second-order valence-electron chi connectivity index (χ2n) is 11.6. The Bertz CT molecular complexity index is 1460. The number of nitrogens with zero attached hydrogens (tertiary/aromatic N) is 2. The van der Waals surface area contributed by atoms with Gasteiger partial charge in [-0.3, -0.25) is 28.9 Å². The molecule has 1 aromatic carbocycles. The highest BCUT2D eigenvalue weighted by Gasteiger charge is 2.66. The highest BCUT2D eigenvalue weighted by atomic mass is 16.3. The lowest BCUT2D eigenvalue weighted by atomic mass is 9.53. The third-order valence-electron chi connectivity index (χ3n) is 9.19. The molecule has 0 spiro atoms. The van der Waals surface area contributed by atoms with Crippen molar-refractivity contribution in [2.45, 2.75) is 31.4 Å². The molecule has 2 unspecified atom stereocenters. The minimum atomic E-state index is -2.66. The first-order valence-corrected chi connectivity index (χ1v) is 13.5. The van der Waals surface area contributed by atoms with E-state index in [1.807, 2.05) is 12.1 Å². The highest BCUT2D eigenvalue weighted by Crippen LogP contribution is 2.51. The van der Waals surface area contributed by atoms with E-state index in [1.165, 1.54) is 6.07 Å². The second-order valence-corrected chi connectivity index (χ2v) is 11.6. The lowest BCUT2D eigenvalue weighted by molar-refractivity contribution is -0.175. The summed E-state index contributed by atoms with van der Waals surface area (Å²) >= 11 is 0. The number of rotatable bonds is 4. The van der Waals surface area contributed by atoms with Crippen molar-refractivity contribution >= 4 is 29.0 Å². The Morgan fingerprint density at radius 1 is 1.05 bits per heavy atom. The van der Waals surface area contributed by atoms with Crippen LogP contribution in [0.2, 0.25) is 0 Å². The van der Waals surface area contributed by atoms with Gasteiger partial charge in [-0.1, -0.05) is 0 Å². The molecule has 1 aromatic heterocycles. The number of carbonyl (C=O) groups is 5. The van der Waals surface area contributed by atoms with Crippen LogP contribution in [0.15, 0.2) is 28.7 Å². The first-order chi connectivity index (χ1) is 19.0. The zero-order chi connectivity index (χ0) is 28.5. The first-order valence-electron chi connectivity index (χ1n) is 13.5. The van der Waals surface area contributed by atoms with Crippen molar-refractivity contribution in [3.05, 3.63) is 41.2 Å². The molecule has 3 aliphatic carbocycles. The number of phenols is 1. The summed E-state index contributed by atoms with van der Waals surface area (Å²) in [5.74, 6) is -8.98. The topological polar surface area (TPSA) is 171 Å². The van der Waals surface area contributed by atoms with Gasteiger partial charge in [0.1, 0.15) is 17.3 Å². The molecule has 1 saturated heterocycles. The number of amides is 1. The number of furan rings is 1. The number of phenolic OH excluding ortho intramolecular Hbond substituents is 1. The minimum absolute atomic E-state index is 0.0445. The molecule has 0 bridgehead atoms. The van der Waals surface area contributed by atoms with Gasteiger partial charge >= 0.3 is 0 Å². The van der Waals surface area contributed by atoms with E-state index in [0.717, 1.165) is 31.9 Å². The third-order valence-corrected chi connectivity index (χ3v) is 9.19. The number of fused-ring (bicyclic) bond motifs is 3. The van der Waals surface area contributed by atoms with E-state index in [-0.39, 0.29) is 30.6 Å². The number of primary amides is 1. The second kappa shape index (κ2) is 9.46. The normalized spacial score (nSPS) is 31.1. The van der Waals surface area contributed by atoms with Gasteiger partial charge in [-0.2, -0.15) is 0 Å². The average molecular weight is 550 g/mol. The molecular weight excluding hydrogens is 518 g/mol. The Morgan fingerprint density at radius 3 is 2.48 bits per heavy atom. The van der Waals surface area contributed by atoms with Crippen LogP contribution in [0.4, 0.5) is 0 Å². The van der Waals surface area contributed by atoms with Gasteiger partial charge in [0, 0.05) is 44.1 Å². The van der Waals surface area contributed by atoms with E-state index in [0.29, 0.717) is 23.4 Å². The Labute approximate surface area is 229 Å². The van der Waals surface area contributed by atoms with E-state index in [2.05, 4.69) is 16.8 Å². The van der Waals surface area contributed by atoms with Gasteiger partial charge in [0.15, 0.2) is 34.7 Å². The Balaban J connectivity index is 1.33. The number of aromatic hydroxyl groups is 1. The van der Waals surface area contributed by atoms with Crippen molar-refractivity contribution < 1.29 is 38.6 Å². The van der Waals surface area contributed by atoms with E-state index in [1.54, 1.807) is 6.07 Å². The summed E-state index contributed by atoms with van der Waals surface area (Å²) in [7, 11) is 2.09. The molecule has 2 heterocycles. The maximum atomic E-state index is 13.8. The molecule has 11 heteroatoms. The number of aliphatic hydroxyl groups is 1. The summed E-state index contributed by atoms with van der Waals surface area (Å²) in [6, 6.07) is 6.75. The molecule has 0 radical (unpaired) electrons. The molecule has 4 N–H and O–H groups in total. The lowest BCUT2D eigenvalue weighted by Crippen LogP contribution is -2.68. The third kappa shape index (κ3) is 3.94. The Hall–Kier alpha value is -3.67. The van der Waals surface area contributed by atoms with Crippen LogP contribution in [0.3, 0.4) is 0 Å². The summed E-state index contributed by atoms with van der Waals surface area (Å²) in [6.45, 7) is 4.43. The van der Waals surface area contributed by atoms with E-state index < -0.39 is 58.3 Å².